The van der Waals surface area contributed by atoms with Crippen molar-refractivity contribution >= 4 is 35.1 Å². The lowest BCUT2D eigenvalue weighted by molar-refractivity contribution is 0.0518. The van der Waals surface area contributed by atoms with Gasteiger partial charge in [0, 0.05) is 26.2 Å². The topological polar surface area (TPSA) is 114 Å². The number of para-hydroxylation sites is 1. The van der Waals surface area contributed by atoms with Crippen molar-refractivity contribution < 1.29 is 23.2 Å². The van der Waals surface area contributed by atoms with E-state index < -0.39 is 5.91 Å². The van der Waals surface area contributed by atoms with E-state index in [9.17, 15) is 14.4 Å². The van der Waals surface area contributed by atoms with Crippen molar-refractivity contribution in [2.45, 2.75) is 0 Å². The van der Waals surface area contributed by atoms with Crippen LogP contribution in [0.2, 0.25) is 5.02 Å². The van der Waals surface area contributed by atoms with Gasteiger partial charge in [-0.2, -0.15) is 5.10 Å². The maximum atomic E-state index is 13.5. The van der Waals surface area contributed by atoms with Gasteiger partial charge in [-0.15, -0.1) is 0 Å². The van der Waals surface area contributed by atoms with Gasteiger partial charge in [0.2, 0.25) is 0 Å². The number of carbonyl (C=O) groups excluding carboxylic acids is 3. The third kappa shape index (κ3) is 4.43. The molecule has 0 bridgehead atoms. The van der Waals surface area contributed by atoms with Gasteiger partial charge in [0.25, 0.3) is 17.7 Å². The molecular formula is C24H20ClN5O5. The van der Waals surface area contributed by atoms with Gasteiger partial charge in [-0.25, -0.2) is 4.68 Å². The Bertz CT molecular complexity index is 1350. The monoisotopic (exact) mass is 493 g/mol. The number of hydrogen-bond acceptors (Lipinski definition) is 6. The van der Waals surface area contributed by atoms with Crippen molar-refractivity contribution in [1.29, 1.82) is 0 Å². The summed E-state index contributed by atoms with van der Waals surface area (Å²) in [5.74, 6) is -0.581. The number of halogens is 1. The molecule has 10 nitrogen and oxygen atoms in total. The molecule has 0 unspecified atom stereocenters. The molecule has 4 heterocycles. The van der Waals surface area contributed by atoms with E-state index >= 15 is 0 Å². The number of carbonyl (C=O) groups is 3. The van der Waals surface area contributed by atoms with E-state index in [0.717, 1.165) is 0 Å². The molecular weight excluding hydrogens is 474 g/mol. The number of hydrogen-bond donors (Lipinski definition) is 1. The fourth-order valence-electron chi connectivity index (χ4n) is 3.85. The highest BCUT2D eigenvalue weighted by molar-refractivity contribution is 6.32. The normalized spacial score (nSPS) is 13.6. The second-order valence-electron chi connectivity index (χ2n) is 7.76. The number of nitrogens with zero attached hydrogens (tertiary/aromatic N) is 4. The number of anilines is 1. The quantitative estimate of drug-likeness (QED) is 0.454. The Labute approximate surface area is 204 Å². The smallest absolute Gasteiger partial charge is 0.292 e. The number of amides is 3. The van der Waals surface area contributed by atoms with E-state index in [1.165, 1.54) is 29.5 Å². The number of benzene rings is 1. The minimum atomic E-state index is -0.535. The summed E-state index contributed by atoms with van der Waals surface area (Å²) < 4.78 is 11.8. The SMILES string of the molecule is O=C(Nc1c(C(=O)N2CCN(C(=O)c3ccco3)CC2)cnn1-c1ccccc1Cl)c1ccco1. The van der Waals surface area contributed by atoms with Gasteiger partial charge in [-0.05, 0) is 36.4 Å². The van der Waals surface area contributed by atoms with Gasteiger partial charge in [0.15, 0.2) is 11.5 Å². The van der Waals surface area contributed by atoms with Gasteiger partial charge in [-0.3, -0.25) is 14.4 Å². The van der Waals surface area contributed by atoms with Gasteiger partial charge in [-0.1, -0.05) is 23.7 Å². The van der Waals surface area contributed by atoms with Crippen LogP contribution in [0.15, 0.2) is 76.1 Å². The molecule has 1 aliphatic rings. The zero-order valence-corrected chi connectivity index (χ0v) is 19.1. The molecule has 0 saturated carbocycles. The first-order valence-electron chi connectivity index (χ1n) is 10.8. The van der Waals surface area contributed by atoms with Crippen LogP contribution >= 0.6 is 11.6 Å². The van der Waals surface area contributed by atoms with Crippen molar-refractivity contribution in [3.63, 3.8) is 0 Å². The summed E-state index contributed by atoms with van der Waals surface area (Å²) in [6.45, 7) is 1.32. The minimum Gasteiger partial charge on any atom is -0.459 e. The predicted molar refractivity (Wildman–Crippen MR) is 126 cm³/mol. The third-order valence-electron chi connectivity index (χ3n) is 5.64. The molecule has 178 valence electrons. The molecule has 3 aromatic heterocycles. The van der Waals surface area contributed by atoms with E-state index in [2.05, 4.69) is 10.4 Å². The average molecular weight is 494 g/mol. The molecule has 1 saturated heterocycles. The van der Waals surface area contributed by atoms with Gasteiger partial charge in [0.1, 0.15) is 11.4 Å². The van der Waals surface area contributed by atoms with Gasteiger partial charge >= 0.3 is 0 Å². The first kappa shape index (κ1) is 22.5. The van der Waals surface area contributed by atoms with Crippen LogP contribution in [-0.4, -0.2) is 63.5 Å². The molecule has 5 rings (SSSR count). The molecule has 0 atom stereocenters. The van der Waals surface area contributed by atoms with E-state index in [1.807, 2.05) is 0 Å². The Kier molecular flexibility index (Phi) is 6.11. The first-order valence-corrected chi connectivity index (χ1v) is 11.2. The molecule has 1 aliphatic heterocycles. The van der Waals surface area contributed by atoms with E-state index in [-0.39, 0.29) is 34.7 Å². The second-order valence-corrected chi connectivity index (χ2v) is 8.17. The minimum absolute atomic E-state index is 0.0837. The summed E-state index contributed by atoms with van der Waals surface area (Å²) in [7, 11) is 0. The molecule has 4 aromatic rings. The Hall–Kier alpha value is -4.31. The highest BCUT2D eigenvalue weighted by Gasteiger charge is 2.30. The predicted octanol–water partition coefficient (Wildman–Crippen LogP) is 3.56. The zero-order valence-electron chi connectivity index (χ0n) is 18.4. The lowest BCUT2D eigenvalue weighted by atomic mass is 10.2. The third-order valence-corrected chi connectivity index (χ3v) is 5.96. The van der Waals surface area contributed by atoms with Crippen LogP contribution in [-0.2, 0) is 0 Å². The Balaban J connectivity index is 1.40. The standard InChI is InChI=1S/C24H20ClN5O5/c25-17-5-1-2-6-18(17)30-21(27-22(31)19-7-3-13-34-19)16(15-26-30)23(32)28-9-11-29(12-10-28)24(33)20-8-4-14-35-20/h1-8,13-15H,9-12H2,(H,27,31). The van der Waals surface area contributed by atoms with Crippen LogP contribution in [0.5, 0.6) is 0 Å². The molecule has 11 heteroatoms. The second kappa shape index (κ2) is 9.51. The van der Waals surface area contributed by atoms with Crippen molar-refractivity contribution in [3.05, 3.63) is 89.4 Å². The molecule has 1 N–H and O–H groups in total. The summed E-state index contributed by atoms with van der Waals surface area (Å²) in [6.07, 6.45) is 4.22. The first-order chi connectivity index (χ1) is 17.0. The molecule has 1 aromatic carbocycles. The summed E-state index contributed by atoms with van der Waals surface area (Å²) in [6, 6.07) is 13.3. The van der Waals surface area contributed by atoms with Crippen LogP contribution in [0.25, 0.3) is 5.69 Å². The average Bonchev–Trinajstić information content (AvgIpc) is 3.66. The molecule has 3 amide bonds. The van der Waals surface area contributed by atoms with Gasteiger partial charge in [0.05, 0.1) is 29.4 Å². The largest absolute Gasteiger partial charge is 0.459 e. The molecule has 35 heavy (non-hydrogen) atoms. The molecule has 0 radical (unpaired) electrons. The molecule has 1 fully saturated rings. The molecule has 0 aliphatic carbocycles. The number of furan rings is 2. The fourth-order valence-corrected chi connectivity index (χ4v) is 4.06. The number of piperazine rings is 1. The van der Waals surface area contributed by atoms with Crippen molar-refractivity contribution in [2.24, 2.45) is 0 Å². The van der Waals surface area contributed by atoms with Crippen LogP contribution in [0.3, 0.4) is 0 Å². The maximum absolute atomic E-state index is 13.5. The van der Waals surface area contributed by atoms with E-state index in [4.69, 9.17) is 20.4 Å². The van der Waals surface area contributed by atoms with Crippen LogP contribution in [0, 0.1) is 0 Å². The summed E-state index contributed by atoms with van der Waals surface area (Å²) in [5, 5.41) is 7.47. The summed E-state index contributed by atoms with van der Waals surface area (Å²) in [5.41, 5.74) is 0.687. The number of rotatable bonds is 5. The Morgan fingerprint density at radius 3 is 2.09 bits per heavy atom. The summed E-state index contributed by atoms with van der Waals surface area (Å²) >= 11 is 6.36. The lowest BCUT2D eigenvalue weighted by Crippen LogP contribution is -2.50. The summed E-state index contributed by atoms with van der Waals surface area (Å²) in [4.78, 5) is 42.0. The highest BCUT2D eigenvalue weighted by atomic mass is 35.5. The van der Waals surface area contributed by atoms with Crippen LogP contribution in [0.1, 0.15) is 31.5 Å². The number of nitrogens with one attached hydrogen (secondary N) is 1. The number of aromatic nitrogens is 2. The fraction of sp³-hybridized carbons (Fsp3) is 0.167. The lowest BCUT2D eigenvalue weighted by Gasteiger charge is -2.34. The van der Waals surface area contributed by atoms with Crippen molar-refractivity contribution in [1.82, 2.24) is 19.6 Å². The maximum Gasteiger partial charge on any atom is 0.292 e. The van der Waals surface area contributed by atoms with Crippen LogP contribution < -0.4 is 5.32 Å². The van der Waals surface area contributed by atoms with Gasteiger partial charge < -0.3 is 24.0 Å². The van der Waals surface area contributed by atoms with E-state index in [1.54, 1.807) is 52.3 Å². The Morgan fingerprint density at radius 1 is 0.829 bits per heavy atom. The zero-order chi connectivity index (χ0) is 24.4. The van der Waals surface area contributed by atoms with Crippen LogP contribution in [0.4, 0.5) is 5.82 Å². The van der Waals surface area contributed by atoms with Crippen molar-refractivity contribution in [3.8, 4) is 5.69 Å². The van der Waals surface area contributed by atoms with E-state index in [0.29, 0.717) is 36.9 Å². The molecule has 0 spiro atoms. The highest BCUT2D eigenvalue weighted by Crippen LogP contribution is 2.27. The van der Waals surface area contributed by atoms with Crippen molar-refractivity contribution in [2.75, 3.05) is 31.5 Å². The Morgan fingerprint density at radius 2 is 1.46 bits per heavy atom.